The Kier molecular flexibility index (Phi) is 13.0. The predicted molar refractivity (Wildman–Crippen MR) is 146 cm³/mol. The van der Waals surface area contributed by atoms with Crippen molar-refractivity contribution in [2.24, 2.45) is 4.99 Å². The molecular formula is C28H33F3N2O13. The predicted octanol–water partition coefficient (Wildman–Crippen LogP) is 1.82. The minimum Gasteiger partial charge on any atom is -0.464 e. The molecule has 1 fully saturated rings. The Bertz CT molecular complexity index is 1320. The van der Waals surface area contributed by atoms with Gasteiger partial charge in [0.1, 0.15) is 18.8 Å². The zero-order chi connectivity index (χ0) is 34.8. The van der Waals surface area contributed by atoms with Crippen molar-refractivity contribution < 1.29 is 75.1 Å². The van der Waals surface area contributed by atoms with Gasteiger partial charge < -0.3 is 38.5 Å². The Morgan fingerprint density at radius 3 is 2.04 bits per heavy atom. The molecule has 2 rings (SSSR count). The lowest BCUT2D eigenvalue weighted by Crippen LogP contribution is -2.69. The fourth-order valence-electron chi connectivity index (χ4n) is 4.42. The van der Waals surface area contributed by atoms with Crippen molar-refractivity contribution in [3.05, 3.63) is 30.3 Å². The van der Waals surface area contributed by atoms with Gasteiger partial charge in [0.05, 0.1) is 25.3 Å². The van der Waals surface area contributed by atoms with E-state index in [1.807, 2.05) is 0 Å². The maximum Gasteiger partial charge on any atom is 0.468 e. The summed E-state index contributed by atoms with van der Waals surface area (Å²) in [5, 5.41) is 2.39. The van der Waals surface area contributed by atoms with Crippen molar-refractivity contribution in [2.45, 2.75) is 83.5 Å². The van der Waals surface area contributed by atoms with E-state index in [1.54, 1.807) is 0 Å². The highest BCUT2D eigenvalue weighted by atomic mass is 19.4. The largest absolute Gasteiger partial charge is 0.468 e. The van der Waals surface area contributed by atoms with Crippen molar-refractivity contribution in [1.29, 1.82) is 0 Å². The second kappa shape index (κ2) is 16.0. The van der Waals surface area contributed by atoms with Gasteiger partial charge in [-0.1, -0.05) is 18.2 Å². The standard InChI is InChI=1S/C28H33F3N2O13/c1-14(34)32-22-20(42-16(3)36)12-27(26(39)40-6,46-25(28(29,30)31)33-19-10-8-7-9-11-19)45-24(22)23(44-18(5)38)21(43-17(4)37)13-41-15(2)35/h7-11,20-24H,12-13H2,1-6H3,(H,32,34)/t20-,21+,22+,23+,24+,27-/m0/s1. The molecule has 46 heavy (non-hydrogen) atoms. The van der Waals surface area contributed by atoms with E-state index >= 15 is 0 Å². The first-order valence-electron chi connectivity index (χ1n) is 13.5. The first-order chi connectivity index (χ1) is 21.4. The van der Waals surface area contributed by atoms with Crippen molar-refractivity contribution in [3.63, 3.8) is 0 Å². The van der Waals surface area contributed by atoms with Gasteiger partial charge >= 0.3 is 47.7 Å². The van der Waals surface area contributed by atoms with Crippen molar-refractivity contribution >= 4 is 47.3 Å². The molecular weight excluding hydrogens is 629 g/mol. The second-order valence-electron chi connectivity index (χ2n) is 9.78. The molecule has 1 aliphatic rings. The fraction of sp³-hybridized carbons (Fsp3) is 0.536. The van der Waals surface area contributed by atoms with Crippen LogP contribution in [-0.2, 0) is 61.9 Å². The van der Waals surface area contributed by atoms with Crippen LogP contribution in [0.4, 0.5) is 18.9 Å². The summed E-state index contributed by atoms with van der Waals surface area (Å²) in [6, 6.07) is 5.07. The Morgan fingerprint density at radius 2 is 1.57 bits per heavy atom. The molecule has 1 aromatic rings. The molecule has 0 saturated carbocycles. The molecule has 15 nitrogen and oxygen atoms in total. The summed E-state index contributed by atoms with van der Waals surface area (Å²) in [4.78, 5) is 77.2. The number of amides is 1. The maximum absolute atomic E-state index is 14.3. The third kappa shape index (κ3) is 10.7. The molecule has 0 unspecified atom stereocenters. The molecule has 0 spiro atoms. The molecule has 1 aromatic carbocycles. The number of hydrogen-bond acceptors (Lipinski definition) is 14. The molecule has 1 heterocycles. The Hall–Kier alpha value is -4.74. The second-order valence-corrected chi connectivity index (χ2v) is 9.78. The monoisotopic (exact) mass is 662 g/mol. The number of benzene rings is 1. The number of ether oxygens (including phenoxy) is 7. The van der Waals surface area contributed by atoms with E-state index in [4.69, 9.17) is 33.2 Å². The summed E-state index contributed by atoms with van der Waals surface area (Å²) in [6.45, 7) is 4.01. The number of halogens is 3. The van der Waals surface area contributed by atoms with Crippen LogP contribution in [-0.4, -0.2) is 97.8 Å². The van der Waals surface area contributed by atoms with Gasteiger partial charge in [-0.05, 0) is 12.1 Å². The van der Waals surface area contributed by atoms with Gasteiger partial charge in [-0.2, -0.15) is 13.2 Å². The maximum atomic E-state index is 14.3. The highest BCUT2D eigenvalue weighted by Crippen LogP contribution is 2.39. The molecule has 6 atom stereocenters. The lowest BCUT2D eigenvalue weighted by Gasteiger charge is -2.48. The van der Waals surface area contributed by atoms with Crippen molar-refractivity contribution in [1.82, 2.24) is 5.32 Å². The van der Waals surface area contributed by atoms with Gasteiger partial charge in [0.25, 0.3) is 0 Å². The van der Waals surface area contributed by atoms with Gasteiger partial charge in [0.2, 0.25) is 5.91 Å². The quantitative estimate of drug-likeness (QED) is 0.156. The van der Waals surface area contributed by atoms with Gasteiger partial charge in [0.15, 0.2) is 12.2 Å². The Morgan fingerprint density at radius 1 is 0.957 bits per heavy atom. The van der Waals surface area contributed by atoms with Crippen LogP contribution < -0.4 is 5.32 Å². The van der Waals surface area contributed by atoms with E-state index in [0.29, 0.717) is 0 Å². The minimum absolute atomic E-state index is 0.246. The first kappa shape index (κ1) is 37.4. The van der Waals surface area contributed by atoms with Crippen LogP contribution in [0.15, 0.2) is 35.3 Å². The van der Waals surface area contributed by atoms with Crippen LogP contribution >= 0.6 is 0 Å². The van der Waals surface area contributed by atoms with E-state index < -0.39 is 97.1 Å². The van der Waals surface area contributed by atoms with E-state index in [9.17, 15) is 41.9 Å². The summed E-state index contributed by atoms with van der Waals surface area (Å²) in [6.07, 6.45) is -13.8. The number of carbonyl (C=O) groups is 6. The van der Waals surface area contributed by atoms with Crippen LogP contribution in [0.1, 0.15) is 41.0 Å². The van der Waals surface area contributed by atoms with Gasteiger partial charge in [-0.25, -0.2) is 9.79 Å². The number of esters is 5. The van der Waals surface area contributed by atoms with Gasteiger partial charge in [-0.15, -0.1) is 0 Å². The first-order valence-corrected chi connectivity index (χ1v) is 13.5. The summed E-state index contributed by atoms with van der Waals surface area (Å²) in [7, 11) is 0.792. The number of rotatable bonds is 11. The normalized spacial score (nSPS) is 22.7. The fourth-order valence-corrected chi connectivity index (χ4v) is 4.42. The Labute approximate surface area is 260 Å². The number of methoxy groups -OCH3 is 1. The molecule has 0 aromatic heterocycles. The molecule has 1 amide bonds. The van der Waals surface area contributed by atoms with Gasteiger partial charge in [0, 0.05) is 34.6 Å². The number of carbonyl (C=O) groups excluding carboxylic acids is 6. The highest BCUT2D eigenvalue weighted by Gasteiger charge is 2.62. The van der Waals surface area contributed by atoms with E-state index in [-0.39, 0.29) is 5.69 Å². The van der Waals surface area contributed by atoms with E-state index in [0.717, 1.165) is 41.7 Å². The summed E-state index contributed by atoms with van der Waals surface area (Å²) in [5.74, 6) is -11.5. The molecule has 254 valence electrons. The van der Waals surface area contributed by atoms with Crippen molar-refractivity contribution in [3.8, 4) is 0 Å². The molecule has 0 bridgehead atoms. The minimum atomic E-state index is -5.36. The molecule has 1 aliphatic heterocycles. The number of aliphatic imine (C=N–C) groups is 1. The van der Waals surface area contributed by atoms with E-state index in [1.165, 1.54) is 30.3 Å². The zero-order valence-corrected chi connectivity index (χ0v) is 25.6. The topological polar surface area (TPSA) is 191 Å². The molecule has 1 N–H and O–H groups in total. The van der Waals surface area contributed by atoms with Crippen LogP contribution in [0.3, 0.4) is 0 Å². The van der Waals surface area contributed by atoms with Crippen LogP contribution in [0.25, 0.3) is 0 Å². The third-order valence-electron chi connectivity index (χ3n) is 5.99. The van der Waals surface area contributed by atoms with Crippen LogP contribution in [0, 0.1) is 0 Å². The van der Waals surface area contributed by atoms with Crippen molar-refractivity contribution in [2.75, 3.05) is 13.7 Å². The van der Waals surface area contributed by atoms with E-state index in [2.05, 4.69) is 10.3 Å². The smallest absolute Gasteiger partial charge is 0.464 e. The average Bonchev–Trinajstić information content (AvgIpc) is 2.93. The molecule has 0 radical (unpaired) electrons. The highest BCUT2D eigenvalue weighted by molar-refractivity contribution is 5.89. The summed E-state index contributed by atoms with van der Waals surface area (Å²) >= 11 is 0. The molecule has 18 heteroatoms. The van der Waals surface area contributed by atoms with Crippen LogP contribution in [0.5, 0.6) is 0 Å². The lowest BCUT2D eigenvalue weighted by atomic mass is 9.88. The van der Waals surface area contributed by atoms with Gasteiger partial charge in [-0.3, -0.25) is 24.0 Å². The third-order valence-corrected chi connectivity index (χ3v) is 5.99. The number of nitrogens with zero attached hydrogens (tertiary/aromatic N) is 1. The summed E-state index contributed by atoms with van der Waals surface area (Å²) in [5.41, 5.74) is -0.246. The molecule has 1 saturated heterocycles. The zero-order valence-electron chi connectivity index (χ0n) is 25.6. The number of para-hydroxylation sites is 1. The average molecular weight is 663 g/mol. The SMILES string of the molecule is COC(=O)[C@@]1(OC(=Nc2ccccc2)C(F)(F)F)C[C@H](OC(C)=O)[C@@H](NC(C)=O)[C@H]([C@H](OC(C)=O)[C@@H](COC(C)=O)OC(C)=O)O1. The van der Waals surface area contributed by atoms with Crippen LogP contribution in [0.2, 0.25) is 0 Å². The lowest BCUT2D eigenvalue weighted by molar-refractivity contribution is -0.298. The number of alkyl halides is 3. The molecule has 0 aliphatic carbocycles. The number of hydrogen-bond donors (Lipinski definition) is 1. The summed E-state index contributed by atoms with van der Waals surface area (Å²) < 4.78 is 79.6. The number of nitrogens with one attached hydrogen (secondary N) is 1. The Balaban J connectivity index is 2.89.